The number of anilines is 2. The molecule has 0 aliphatic carbocycles. The summed E-state index contributed by atoms with van der Waals surface area (Å²) in [4.78, 5) is 7.64. The number of ether oxygens (including phenoxy) is 2. The molecule has 0 radical (unpaired) electrons. The second kappa shape index (κ2) is 8.81. The molecule has 0 aliphatic rings. The van der Waals surface area contributed by atoms with E-state index in [0.717, 1.165) is 5.56 Å². The number of aromatic nitrogens is 2. The van der Waals surface area contributed by atoms with Gasteiger partial charge in [-0.15, -0.1) is 0 Å². The number of hydrogen-bond donors (Lipinski definition) is 1. The third-order valence-electron chi connectivity index (χ3n) is 3.75. The maximum atomic E-state index is 13.4. The Labute approximate surface area is 166 Å². The van der Waals surface area contributed by atoms with E-state index in [2.05, 4.69) is 15.3 Å². The van der Waals surface area contributed by atoms with Gasteiger partial charge in [-0.25, -0.2) is 4.98 Å². The van der Waals surface area contributed by atoms with Gasteiger partial charge in [-0.2, -0.15) is 18.2 Å². The van der Waals surface area contributed by atoms with Crippen LogP contribution in [0.4, 0.5) is 24.7 Å². The van der Waals surface area contributed by atoms with Gasteiger partial charge < -0.3 is 14.8 Å². The van der Waals surface area contributed by atoms with Crippen molar-refractivity contribution in [1.29, 1.82) is 0 Å². The first-order chi connectivity index (χ1) is 13.8. The monoisotopic (exact) mass is 403 g/mol. The fraction of sp³-hybridized carbons (Fsp3) is 0.238. The van der Waals surface area contributed by atoms with Crippen molar-refractivity contribution < 1.29 is 22.6 Å². The van der Waals surface area contributed by atoms with Crippen molar-refractivity contribution in [2.75, 3.05) is 5.32 Å². The number of nitrogens with zero attached hydrogens (tertiary/aromatic N) is 2. The molecule has 0 bridgehead atoms. The van der Waals surface area contributed by atoms with Crippen LogP contribution < -0.4 is 14.8 Å². The minimum atomic E-state index is -4.62. The summed E-state index contributed by atoms with van der Waals surface area (Å²) in [5, 5.41) is 2.70. The van der Waals surface area contributed by atoms with Crippen LogP contribution >= 0.6 is 0 Å². The summed E-state index contributed by atoms with van der Waals surface area (Å²) in [5.41, 5.74) is 0.269. The van der Waals surface area contributed by atoms with E-state index in [9.17, 15) is 13.2 Å². The average molecular weight is 403 g/mol. The van der Waals surface area contributed by atoms with Crippen LogP contribution in [0.1, 0.15) is 25.0 Å². The first kappa shape index (κ1) is 20.4. The van der Waals surface area contributed by atoms with Gasteiger partial charge in [0.15, 0.2) is 0 Å². The summed E-state index contributed by atoms with van der Waals surface area (Å²) in [7, 11) is 0. The second-order valence-electron chi connectivity index (χ2n) is 6.51. The van der Waals surface area contributed by atoms with Gasteiger partial charge in [0.1, 0.15) is 23.7 Å². The Balaban J connectivity index is 1.84. The lowest BCUT2D eigenvalue weighted by Crippen LogP contribution is -2.12. The van der Waals surface area contributed by atoms with Crippen LogP contribution in [-0.2, 0) is 12.8 Å². The molecule has 5 nitrogen and oxygen atoms in total. The van der Waals surface area contributed by atoms with Gasteiger partial charge in [-0.1, -0.05) is 36.4 Å². The highest BCUT2D eigenvalue weighted by Gasteiger charge is 2.35. The molecule has 0 saturated heterocycles. The molecule has 0 atom stereocenters. The number of hydrogen-bond acceptors (Lipinski definition) is 5. The number of halogens is 3. The van der Waals surface area contributed by atoms with E-state index >= 15 is 0 Å². The summed E-state index contributed by atoms with van der Waals surface area (Å²) in [6, 6.07) is 15.7. The van der Waals surface area contributed by atoms with Crippen LogP contribution in [0.25, 0.3) is 0 Å². The molecule has 1 N–H and O–H groups in total. The van der Waals surface area contributed by atoms with E-state index in [4.69, 9.17) is 9.47 Å². The lowest BCUT2D eigenvalue weighted by molar-refractivity contribution is -0.137. The van der Waals surface area contributed by atoms with Crippen LogP contribution in [-0.4, -0.2) is 16.1 Å². The lowest BCUT2D eigenvalue weighted by atomic mass is 10.2. The number of benzene rings is 2. The normalized spacial score (nSPS) is 11.4. The molecule has 1 heterocycles. The molecule has 29 heavy (non-hydrogen) atoms. The summed E-state index contributed by atoms with van der Waals surface area (Å²) >= 11 is 0. The molecule has 0 saturated carbocycles. The smallest absolute Gasteiger partial charge is 0.421 e. The van der Waals surface area contributed by atoms with Crippen molar-refractivity contribution in [2.24, 2.45) is 0 Å². The van der Waals surface area contributed by atoms with Crippen LogP contribution in [0.3, 0.4) is 0 Å². The van der Waals surface area contributed by atoms with Gasteiger partial charge in [0.2, 0.25) is 0 Å². The quantitative estimate of drug-likeness (QED) is 0.556. The Morgan fingerprint density at radius 2 is 1.79 bits per heavy atom. The molecule has 0 spiro atoms. The molecule has 8 heteroatoms. The van der Waals surface area contributed by atoms with Crippen LogP contribution in [0, 0.1) is 0 Å². The minimum Gasteiger partial charge on any atom is -0.491 e. The summed E-state index contributed by atoms with van der Waals surface area (Å²) < 4.78 is 51.2. The Morgan fingerprint density at radius 3 is 2.48 bits per heavy atom. The van der Waals surface area contributed by atoms with Crippen LogP contribution in [0.15, 0.2) is 60.8 Å². The Kier molecular flexibility index (Phi) is 6.21. The third kappa shape index (κ3) is 5.84. The molecule has 3 rings (SSSR count). The SMILES string of the molecule is CC(C)Oc1cccc(Nc2nc(OCc3ccccc3)ncc2C(F)(F)F)c1. The molecule has 152 valence electrons. The molecule has 0 aliphatic heterocycles. The van der Waals surface area contributed by atoms with Crippen molar-refractivity contribution in [3.05, 3.63) is 71.9 Å². The van der Waals surface area contributed by atoms with Crippen molar-refractivity contribution in [3.63, 3.8) is 0 Å². The van der Waals surface area contributed by atoms with E-state index in [1.807, 2.05) is 44.2 Å². The average Bonchev–Trinajstić information content (AvgIpc) is 2.66. The molecule has 1 aromatic heterocycles. The number of alkyl halides is 3. The fourth-order valence-corrected chi connectivity index (χ4v) is 2.52. The highest BCUT2D eigenvalue weighted by molar-refractivity contribution is 5.61. The first-order valence-electron chi connectivity index (χ1n) is 8.96. The molecule has 0 amide bonds. The van der Waals surface area contributed by atoms with E-state index in [1.165, 1.54) is 0 Å². The molecular formula is C21H20F3N3O2. The van der Waals surface area contributed by atoms with E-state index in [-0.39, 0.29) is 18.7 Å². The standard InChI is InChI=1S/C21H20F3N3O2/c1-14(2)29-17-10-6-9-16(11-17)26-19-18(21(22,23)24)12-25-20(27-19)28-13-15-7-4-3-5-8-15/h3-12,14H,13H2,1-2H3,(H,25,26,27). The maximum absolute atomic E-state index is 13.4. The third-order valence-corrected chi connectivity index (χ3v) is 3.75. The molecule has 3 aromatic rings. The number of nitrogens with one attached hydrogen (secondary N) is 1. The van der Waals surface area contributed by atoms with Crippen LogP contribution in [0.2, 0.25) is 0 Å². The van der Waals surface area contributed by atoms with E-state index in [0.29, 0.717) is 17.6 Å². The zero-order valence-electron chi connectivity index (χ0n) is 15.9. The molecular weight excluding hydrogens is 383 g/mol. The van der Waals surface area contributed by atoms with Gasteiger partial charge in [0, 0.05) is 18.0 Å². The molecule has 0 fully saturated rings. The van der Waals surface area contributed by atoms with Gasteiger partial charge >= 0.3 is 12.2 Å². The number of rotatable bonds is 7. The Morgan fingerprint density at radius 1 is 1.03 bits per heavy atom. The van der Waals surface area contributed by atoms with E-state index < -0.39 is 17.6 Å². The Bertz CT molecular complexity index is 947. The van der Waals surface area contributed by atoms with Crippen molar-refractivity contribution in [2.45, 2.75) is 32.7 Å². The van der Waals surface area contributed by atoms with E-state index in [1.54, 1.807) is 24.3 Å². The minimum absolute atomic E-state index is 0.0620. The van der Waals surface area contributed by atoms with Crippen molar-refractivity contribution >= 4 is 11.5 Å². The summed E-state index contributed by atoms with van der Waals surface area (Å²) in [6.45, 7) is 3.87. The van der Waals surface area contributed by atoms with Gasteiger partial charge in [0.05, 0.1) is 6.10 Å². The molecule has 2 aromatic carbocycles. The first-order valence-corrected chi connectivity index (χ1v) is 8.96. The largest absolute Gasteiger partial charge is 0.491 e. The van der Waals surface area contributed by atoms with Crippen molar-refractivity contribution in [3.8, 4) is 11.8 Å². The predicted octanol–water partition coefficient (Wildman–Crippen LogP) is 5.61. The van der Waals surface area contributed by atoms with Crippen LogP contribution in [0.5, 0.6) is 11.8 Å². The fourth-order valence-electron chi connectivity index (χ4n) is 2.52. The van der Waals surface area contributed by atoms with Gasteiger partial charge in [-0.05, 0) is 31.5 Å². The second-order valence-corrected chi connectivity index (χ2v) is 6.51. The predicted molar refractivity (Wildman–Crippen MR) is 103 cm³/mol. The van der Waals surface area contributed by atoms with Gasteiger partial charge in [0.25, 0.3) is 0 Å². The Hall–Kier alpha value is -3.29. The zero-order chi connectivity index (χ0) is 20.9. The highest BCUT2D eigenvalue weighted by atomic mass is 19.4. The van der Waals surface area contributed by atoms with Crippen molar-refractivity contribution in [1.82, 2.24) is 9.97 Å². The summed E-state index contributed by atoms with van der Waals surface area (Å²) in [6.07, 6.45) is -3.97. The highest BCUT2D eigenvalue weighted by Crippen LogP contribution is 2.35. The summed E-state index contributed by atoms with van der Waals surface area (Å²) in [5.74, 6) is 0.144. The molecule has 0 unspecified atom stereocenters. The topological polar surface area (TPSA) is 56.3 Å². The zero-order valence-corrected chi connectivity index (χ0v) is 15.9. The maximum Gasteiger partial charge on any atom is 0.421 e. The van der Waals surface area contributed by atoms with Gasteiger partial charge in [-0.3, -0.25) is 0 Å². The lowest BCUT2D eigenvalue weighted by Gasteiger charge is -2.15.